The number of hydrogen-bond acceptors (Lipinski definition) is 12. The van der Waals surface area contributed by atoms with Crippen LogP contribution in [-0.2, 0) is 9.47 Å². The van der Waals surface area contributed by atoms with E-state index >= 15 is 0 Å². The van der Waals surface area contributed by atoms with Crippen molar-refractivity contribution in [2.24, 2.45) is 5.10 Å². The predicted molar refractivity (Wildman–Crippen MR) is 125 cm³/mol. The smallest absolute Gasteiger partial charge is 0.250 e. The van der Waals surface area contributed by atoms with E-state index in [-0.39, 0.29) is 5.56 Å². The third-order valence-corrected chi connectivity index (χ3v) is 5.52. The number of carbonyl (C=O) groups is 1. The summed E-state index contributed by atoms with van der Waals surface area (Å²) in [7, 11) is 0. The molecule has 0 unspecified atom stereocenters. The van der Waals surface area contributed by atoms with Crippen molar-refractivity contribution in [1.29, 1.82) is 0 Å². The summed E-state index contributed by atoms with van der Waals surface area (Å²) in [5.41, 5.74) is 3.57. The maximum Gasteiger partial charge on any atom is 0.250 e. The number of hydrazone groups is 1. The van der Waals surface area contributed by atoms with Gasteiger partial charge < -0.3 is 33.6 Å². The van der Waals surface area contributed by atoms with Crippen molar-refractivity contribution < 1.29 is 23.8 Å². The van der Waals surface area contributed by atoms with Crippen LogP contribution < -0.4 is 20.3 Å². The number of nitrogens with one attached hydrogen (secondary N) is 1. The van der Waals surface area contributed by atoms with Crippen LogP contribution >= 0.6 is 0 Å². The lowest BCUT2D eigenvalue weighted by Gasteiger charge is -2.30. The fraction of sp³-hybridized carbons (Fsp3) is 0.348. The Hall–Kier alpha value is -4.03. The molecule has 2 fully saturated rings. The van der Waals surface area contributed by atoms with Crippen LogP contribution in [0.1, 0.15) is 22.5 Å². The van der Waals surface area contributed by atoms with Crippen molar-refractivity contribution in [1.82, 2.24) is 15.0 Å². The van der Waals surface area contributed by atoms with E-state index in [9.17, 15) is 9.90 Å². The molecule has 4 heterocycles. The number of hydrogen-bond donors (Lipinski definition) is 1. The number of rotatable bonds is 7. The predicted octanol–water partition coefficient (Wildman–Crippen LogP) is 0.962. The first kappa shape index (κ1) is 22.7. The van der Waals surface area contributed by atoms with Crippen LogP contribution in [0.25, 0.3) is 11.3 Å². The van der Waals surface area contributed by atoms with E-state index in [1.807, 2.05) is 9.80 Å². The Morgan fingerprint density at radius 1 is 1.00 bits per heavy atom. The summed E-state index contributed by atoms with van der Waals surface area (Å²) in [5.74, 6) is 1.11. The van der Waals surface area contributed by atoms with Crippen LogP contribution in [0.2, 0.25) is 0 Å². The zero-order valence-corrected chi connectivity index (χ0v) is 18.9. The summed E-state index contributed by atoms with van der Waals surface area (Å²) < 4.78 is 16.8. The molecule has 0 atom stereocenters. The first-order chi connectivity index (χ1) is 17.2. The quantitative estimate of drug-likeness (QED) is 0.383. The number of carbonyl (C=O) groups excluding carboxylic acids is 1. The second-order valence-corrected chi connectivity index (χ2v) is 7.95. The average molecular weight is 478 g/mol. The summed E-state index contributed by atoms with van der Waals surface area (Å²) in [6.45, 7) is 4.54. The van der Waals surface area contributed by atoms with Crippen molar-refractivity contribution >= 4 is 30.0 Å². The van der Waals surface area contributed by atoms with Gasteiger partial charge in [0.15, 0.2) is 0 Å². The number of benzene rings is 1. The molecule has 0 amide bonds. The Bertz CT molecular complexity index is 1170. The Labute approximate surface area is 201 Å². The van der Waals surface area contributed by atoms with Gasteiger partial charge in [-0.2, -0.15) is 20.1 Å². The fourth-order valence-corrected chi connectivity index (χ4v) is 3.74. The summed E-state index contributed by atoms with van der Waals surface area (Å²) in [6.07, 6.45) is 2.39. The summed E-state index contributed by atoms with van der Waals surface area (Å²) in [4.78, 5) is 28.8. The molecule has 0 radical (unpaired) electrons. The highest BCUT2D eigenvalue weighted by molar-refractivity contribution is 5.87. The van der Waals surface area contributed by atoms with Gasteiger partial charge in [-0.1, -0.05) is 18.2 Å². The van der Waals surface area contributed by atoms with Crippen molar-refractivity contribution in [2.45, 2.75) is 6.42 Å². The van der Waals surface area contributed by atoms with Gasteiger partial charge in [0.05, 0.1) is 32.0 Å². The second-order valence-electron chi connectivity index (χ2n) is 7.95. The lowest BCUT2D eigenvalue weighted by molar-refractivity contribution is -0.255. The zero-order valence-electron chi connectivity index (χ0n) is 18.9. The minimum absolute atomic E-state index is 0.0802. The van der Waals surface area contributed by atoms with Gasteiger partial charge in [-0.3, -0.25) is 0 Å². The largest absolute Gasteiger partial charge is 0.545 e. The number of morpholine rings is 1. The minimum atomic E-state index is -1.24. The van der Waals surface area contributed by atoms with Gasteiger partial charge in [0.1, 0.15) is 18.3 Å². The number of ether oxygens (including phenoxy) is 2. The molecular formula is C23H24N7O5-. The molecule has 5 rings (SSSR count). The standard InChI is InChI=1S/C23H25N7O5/c31-20(32)17-4-1-3-16(13-17)19-6-5-18(35-19)14-24-28-21-25-22(29-8-11-33-12-9-29)27-23(26-21)30-7-2-10-34-15-30/h1,3-6,13-14H,2,7-12,15H2,(H,31,32)(H,25,26,27,28)/p-1/b24-14-. The molecule has 1 aromatic carbocycles. The topological polar surface area (TPSA) is 141 Å². The SMILES string of the molecule is O=C([O-])c1cccc(-c2ccc(/C=N\Nc3nc(N4CCOCC4)nc(N4CCCOC4)n3)o2)c1. The number of carboxylic acid groups (broad SMARTS) is 1. The Balaban J connectivity index is 1.32. The summed E-state index contributed by atoms with van der Waals surface area (Å²) >= 11 is 0. The molecule has 35 heavy (non-hydrogen) atoms. The van der Waals surface area contributed by atoms with Gasteiger partial charge in [-0.05, 0) is 30.2 Å². The molecule has 2 saturated heterocycles. The first-order valence-electron chi connectivity index (χ1n) is 11.3. The molecule has 0 aliphatic carbocycles. The van der Waals surface area contributed by atoms with E-state index in [4.69, 9.17) is 13.9 Å². The van der Waals surface area contributed by atoms with Crippen LogP contribution in [0.4, 0.5) is 17.8 Å². The van der Waals surface area contributed by atoms with Crippen LogP contribution in [0, 0.1) is 0 Å². The zero-order chi connectivity index (χ0) is 24.0. The van der Waals surface area contributed by atoms with Crippen LogP contribution in [0.3, 0.4) is 0 Å². The molecule has 0 saturated carbocycles. The van der Waals surface area contributed by atoms with E-state index in [1.54, 1.807) is 24.3 Å². The second kappa shape index (κ2) is 10.5. The number of carboxylic acids is 1. The molecule has 2 aromatic heterocycles. The van der Waals surface area contributed by atoms with E-state index in [2.05, 4.69) is 25.5 Å². The average Bonchev–Trinajstić information content (AvgIpc) is 3.39. The summed E-state index contributed by atoms with van der Waals surface area (Å²) in [6, 6.07) is 9.83. The van der Waals surface area contributed by atoms with E-state index < -0.39 is 5.97 Å². The van der Waals surface area contributed by atoms with Gasteiger partial charge in [0.2, 0.25) is 17.8 Å². The first-order valence-corrected chi connectivity index (χ1v) is 11.3. The number of aromatic nitrogens is 3. The van der Waals surface area contributed by atoms with Gasteiger partial charge >= 0.3 is 0 Å². The lowest BCUT2D eigenvalue weighted by atomic mass is 10.1. The highest BCUT2D eigenvalue weighted by Gasteiger charge is 2.20. The molecular weight excluding hydrogens is 454 g/mol. The molecule has 0 spiro atoms. The Morgan fingerprint density at radius 2 is 1.83 bits per heavy atom. The maximum absolute atomic E-state index is 11.1. The van der Waals surface area contributed by atoms with Crippen molar-refractivity contribution in [3.8, 4) is 11.3 Å². The van der Waals surface area contributed by atoms with E-state index in [0.29, 0.717) is 68.0 Å². The summed E-state index contributed by atoms with van der Waals surface area (Å²) in [5, 5.41) is 15.3. The maximum atomic E-state index is 11.1. The highest BCUT2D eigenvalue weighted by atomic mass is 16.5. The molecule has 2 aliphatic heterocycles. The van der Waals surface area contributed by atoms with Crippen LogP contribution in [0.15, 0.2) is 45.9 Å². The van der Waals surface area contributed by atoms with Crippen LogP contribution in [-0.4, -0.2) is 73.3 Å². The third-order valence-electron chi connectivity index (χ3n) is 5.52. The minimum Gasteiger partial charge on any atom is -0.545 e. The number of furan rings is 1. The number of aromatic carboxylic acids is 1. The van der Waals surface area contributed by atoms with E-state index in [0.717, 1.165) is 19.6 Å². The van der Waals surface area contributed by atoms with Crippen molar-refractivity contribution in [3.05, 3.63) is 47.7 Å². The van der Waals surface area contributed by atoms with Crippen molar-refractivity contribution in [3.63, 3.8) is 0 Å². The molecule has 1 N–H and O–H groups in total. The van der Waals surface area contributed by atoms with Gasteiger partial charge in [0, 0.05) is 25.2 Å². The molecule has 12 nitrogen and oxygen atoms in total. The van der Waals surface area contributed by atoms with Gasteiger partial charge in [0.25, 0.3) is 0 Å². The molecule has 12 heteroatoms. The van der Waals surface area contributed by atoms with Gasteiger partial charge in [-0.15, -0.1) is 0 Å². The number of anilines is 3. The van der Waals surface area contributed by atoms with Crippen LogP contribution in [0.5, 0.6) is 0 Å². The van der Waals surface area contributed by atoms with Gasteiger partial charge in [-0.25, -0.2) is 5.43 Å². The fourth-order valence-electron chi connectivity index (χ4n) is 3.74. The Kier molecular flexibility index (Phi) is 6.82. The molecule has 3 aromatic rings. The molecule has 0 bridgehead atoms. The molecule has 182 valence electrons. The molecule has 2 aliphatic rings. The monoisotopic (exact) mass is 478 g/mol. The lowest BCUT2D eigenvalue weighted by Crippen LogP contribution is -2.39. The third kappa shape index (κ3) is 5.55. The van der Waals surface area contributed by atoms with E-state index in [1.165, 1.54) is 18.3 Å². The normalized spacial score (nSPS) is 16.6. The van der Waals surface area contributed by atoms with Crippen molar-refractivity contribution in [2.75, 3.05) is 61.4 Å². The number of nitrogens with zero attached hydrogens (tertiary/aromatic N) is 6. The Morgan fingerprint density at radius 3 is 2.60 bits per heavy atom. The highest BCUT2D eigenvalue weighted by Crippen LogP contribution is 2.23.